The monoisotopic (exact) mass is 416 g/mol. The number of nitrogens with zero attached hydrogens (tertiary/aromatic N) is 3. The molecule has 1 aliphatic heterocycles. The number of nitrogens with one attached hydrogen (secondary N) is 1. The summed E-state index contributed by atoms with van der Waals surface area (Å²) in [5.74, 6) is 0. The number of hydrogen-bond acceptors (Lipinski definition) is 3. The van der Waals surface area contributed by atoms with Crippen LogP contribution in [-0.2, 0) is 6.18 Å². The van der Waals surface area contributed by atoms with Crippen molar-refractivity contribution >= 4 is 17.4 Å². The zero-order chi connectivity index (χ0) is 22.1. The van der Waals surface area contributed by atoms with E-state index >= 15 is 0 Å². The maximum absolute atomic E-state index is 13.3. The molecule has 3 rings (SSSR count). The number of nitriles is 1. The van der Waals surface area contributed by atoms with Crippen LogP contribution in [0.4, 0.5) is 29.3 Å². The standard InChI is InChI=1S/C22H23F3N4O/c1-14-4-7-18(8-5-14)27-21(30)29-13-15(2)28(12-16(29)3)19-9-6-17(11-26)20(10-19)22(23,24)25/h4-10,15-16H,12-13H2,1-3H3,(H,27,30)/t15-,16+/m0/s1. The van der Waals surface area contributed by atoms with Crippen molar-refractivity contribution in [2.75, 3.05) is 23.3 Å². The highest BCUT2D eigenvalue weighted by atomic mass is 19.4. The SMILES string of the molecule is Cc1ccc(NC(=O)N2C[C@H](C)N(c3ccc(C#N)c(C(F)(F)F)c3)C[C@H]2C)cc1. The second-order valence-electron chi connectivity index (χ2n) is 7.64. The Morgan fingerprint density at radius 1 is 1.10 bits per heavy atom. The molecule has 0 aromatic heterocycles. The Bertz CT molecular complexity index is 966. The smallest absolute Gasteiger partial charge is 0.365 e. The normalized spacial score (nSPS) is 19.4. The fraction of sp³-hybridized carbons (Fsp3) is 0.364. The second kappa shape index (κ2) is 8.27. The lowest BCUT2D eigenvalue weighted by molar-refractivity contribution is -0.137. The summed E-state index contributed by atoms with van der Waals surface area (Å²) in [4.78, 5) is 16.3. The molecular formula is C22H23F3N4O. The molecule has 0 saturated carbocycles. The maximum atomic E-state index is 13.3. The van der Waals surface area contributed by atoms with Gasteiger partial charge >= 0.3 is 12.2 Å². The molecule has 5 nitrogen and oxygen atoms in total. The van der Waals surface area contributed by atoms with Crippen LogP contribution in [0.25, 0.3) is 0 Å². The minimum Gasteiger partial charge on any atom is -0.365 e. The number of aryl methyl sites for hydroxylation is 1. The van der Waals surface area contributed by atoms with Gasteiger partial charge in [-0.15, -0.1) is 0 Å². The lowest BCUT2D eigenvalue weighted by Crippen LogP contribution is -2.59. The van der Waals surface area contributed by atoms with E-state index in [-0.39, 0.29) is 18.1 Å². The number of rotatable bonds is 2. The average Bonchev–Trinajstić information content (AvgIpc) is 2.70. The van der Waals surface area contributed by atoms with Gasteiger partial charge in [0.25, 0.3) is 0 Å². The molecule has 0 spiro atoms. The quantitative estimate of drug-likeness (QED) is 0.748. The largest absolute Gasteiger partial charge is 0.417 e. The number of piperazine rings is 1. The first-order valence-corrected chi connectivity index (χ1v) is 9.62. The van der Waals surface area contributed by atoms with Crippen molar-refractivity contribution in [2.24, 2.45) is 0 Å². The van der Waals surface area contributed by atoms with Gasteiger partial charge in [0, 0.05) is 36.5 Å². The minimum absolute atomic E-state index is 0.195. The highest BCUT2D eigenvalue weighted by molar-refractivity contribution is 5.89. The maximum Gasteiger partial charge on any atom is 0.417 e. The van der Waals surface area contributed by atoms with Crippen LogP contribution in [-0.4, -0.2) is 36.1 Å². The van der Waals surface area contributed by atoms with E-state index in [0.29, 0.717) is 24.5 Å². The van der Waals surface area contributed by atoms with Crippen LogP contribution in [0.15, 0.2) is 42.5 Å². The first-order valence-electron chi connectivity index (χ1n) is 9.62. The van der Waals surface area contributed by atoms with Gasteiger partial charge in [0.1, 0.15) is 0 Å². The summed E-state index contributed by atoms with van der Waals surface area (Å²) in [5.41, 5.74) is 0.822. The Kier molecular flexibility index (Phi) is 5.92. The third-order valence-corrected chi connectivity index (χ3v) is 5.31. The summed E-state index contributed by atoms with van der Waals surface area (Å²) in [6, 6.07) is 12.2. The Hall–Kier alpha value is -3.21. The van der Waals surface area contributed by atoms with Gasteiger partial charge < -0.3 is 15.1 Å². The van der Waals surface area contributed by atoms with Crippen LogP contribution in [0.3, 0.4) is 0 Å². The zero-order valence-electron chi connectivity index (χ0n) is 17.0. The van der Waals surface area contributed by atoms with E-state index in [4.69, 9.17) is 5.26 Å². The van der Waals surface area contributed by atoms with E-state index in [0.717, 1.165) is 11.6 Å². The molecule has 8 heteroatoms. The van der Waals surface area contributed by atoms with Gasteiger partial charge in [0.05, 0.1) is 17.2 Å². The molecule has 0 radical (unpaired) electrons. The van der Waals surface area contributed by atoms with Crippen molar-refractivity contribution in [1.29, 1.82) is 5.26 Å². The van der Waals surface area contributed by atoms with Crippen LogP contribution >= 0.6 is 0 Å². The molecule has 2 atom stereocenters. The Morgan fingerprint density at radius 2 is 1.77 bits per heavy atom. The van der Waals surface area contributed by atoms with E-state index in [1.54, 1.807) is 11.0 Å². The topological polar surface area (TPSA) is 59.4 Å². The molecule has 1 saturated heterocycles. The van der Waals surface area contributed by atoms with Crippen LogP contribution in [0.5, 0.6) is 0 Å². The fourth-order valence-electron chi connectivity index (χ4n) is 3.64. The number of anilines is 2. The van der Waals surface area contributed by atoms with Gasteiger partial charge in [-0.05, 0) is 51.1 Å². The van der Waals surface area contributed by atoms with Gasteiger partial charge in [-0.25, -0.2) is 4.79 Å². The molecule has 1 heterocycles. The molecule has 0 unspecified atom stereocenters. The lowest BCUT2D eigenvalue weighted by atomic mass is 10.0. The van der Waals surface area contributed by atoms with Gasteiger partial charge in [-0.3, -0.25) is 0 Å². The Labute approximate surface area is 173 Å². The number of halogens is 3. The van der Waals surface area contributed by atoms with Crippen LogP contribution in [0.2, 0.25) is 0 Å². The number of benzene rings is 2. The number of carbonyl (C=O) groups excluding carboxylic acids is 1. The number of amides is 2. The molecular weight excluding hydrogens is 393 g/mol. The summed E-state index contributed by atoms with van der Waals surface area (Å²) < 4.78 is 40.0. The molecule has 1 N–H and O–H groups in total. The summed E-state index contributed by atoms with van der Waals surface area (Å²) in [6.07, 6.45) is -4.61. The third-order valence-electron chi connectivity index (χ3n) is 5.31. The number of alkyl halides is 3. The van der Waals surface area contributed by atoms with Crippen molar-refractivity contribution in [2.45, 2.75) is 39.0 Å². The molecule has 2 amide bonds. The van der Waals surface area contributed by atoms with Crippen molar-refractivity contribution < 1.29 is 18.0 Å². The summed E-state index contributed by atoms with van der Waals surface area (Å²) in [7, 11) is 0. The molecule has 2 aromatic carbocycles. The molecule has 2 aromatic rings. The van der Waals surface area contributed by atoms with Crippen LogP contribution in [0.1, 0.15) is 30.5 Å². The van der Waals surface area contributed by atoms with Crippen LogP contribution in [0, 0.1) is 18.3 Å². The van der Waals surface area contributed by atoms with E-state index < -0.39 is 17.3 Å². The highest BCUT2D eigenvalue weighted by Gasteiger charge is 2.36. The van der Waals surface area contributed by atoms with Crippen LogP contribution < -0.4 is 10.2 Å². The summed E-state index contributed by atoms with van der Waals surface area (Å²) in [6.45, 7) is 6.43. The first kappa shape index (κ1) is 21.5. The van der Waals surface area contributed by atoms with Gasteiger partial charge in [0.15, 0.2) is 0 Å². The van der Waals surface area contributed by atoms with Gasteiger partial charge in [-0.2, -0.15) is 18.4 Å². The van der Waals surface area contributed by atoms with Crippen molar-refractivity contribution in [1.82, 2.24) is 4.90 Å². The molecule has 30 heavy (non-hydrogen) atoms. The third kappa shape index (κ3) is 4.51. The average molecular weight is 416 g/mol. The van der Waals surface area contributed by atoms with E-state index in [2.05, 4.69) is 5.32 Å². The van der Waals surface area contributed by atoms with Crippen molar-refractivity contribution in [3.63, 3.8) is 0 Å². The van der Waals surface area contributed by atoms with E-state index in [1.807, 2.05) is 49.9 Å². The van der Waals surface area contributed by atoms with Gasteiger partial charge in [0.2, 0.25) is 0 Å². The fourth-order valence-corrected chi connectivity index (χ4v) is 3.64. The lowest BCUT2D eigenvalue weighted by Gasteiger charge is -2.45. The van der Waals surface area contributed by atoms with Crippen molar-refractivity contribution in [3.8, 4) is 6.07 Å². The van der Waals surface area contributed by atoms with Gasteiger partial charge in [-0.1, -0.05) is 17.7 Å². The predicted octanol–water partition coefficient (Wildman–Crippen LogP) is 5.02. The van der Waals surface area contributed by atoms with Crippen molar-refractivity contribution in [3.05, 3.63) is 59.2 Å². The van der Waals surface area contributed by atoms with E-state index in [9.17, 15) is 18.0 Å². The predicted molar refractivity (Wildman–Crippen MR) is 109 cm³/mol. The molecule has 158 valence electrons. The number of urea groups is 1. The Balaban J connectivity index is 1.77. The first-order chi connectivity index (χ1) is 14.1. The molecule has 0 bridgehead atoms. The summed E-state index contributed by atoms with van der Waals surface area (Å²) in [5, 5.41) is 11.9. The Morgan fingerprint density at radius 3 is 2.37 bits per heavy atom. The molecule has 0 aliphatic carbocycles. The second-order valence-corrected chi connectivity index (χ2v) is 7.64. The number of carbonyl (C=O) groups is 1. The molecule has 1 aliphatic rings. The highest BCUT2D eigenvalue weighted by Crippen LogP contribution is 2.35. The molecule has 1 fully saturated rings. The minimum atomic E-state index is -4.61. The zero-order valence-corrected chi connectivity index (χ0v) is 17.0. The summed E-state index contributed by atoms with van der Waals surface area (Å²) >= 11 is 0. The van der Waals surface area contributed by atoms with E-state index in [1.165, 1.54) is 12.1 Å². The number of hydrogen-bond donors (Lipinski definition) is 1.